The molecule has 0 fully saturated rings. The summed E-state index contributed by atoms with van der Waals surface area (Å²) in [5.74, 6) is 1.31. The van der Waals surface area contributed by atoms with Crippen molar-refractivity contribution < 1.29 is 9.63 Å². The lowest BCUT2D eigenvalue weighted by atomic mass is 9.97. The molecule has 0 bridgehead atoms. The molecule has 1 N–H and O–H groups in total. The molecule has 0 aliphatic carbocycles. The van der Waals surface area contributed by atoms with Crippen LogP contribution in [0.2, 0.25) is 0 Å². The maximum atomic E-state index is 9.23. The zero-order valence-electron chi connectivity index (χ0n) is 10.7. The van der Waals surface area contributed by atoms with E-state index in [9.17, 15) is 5.11 Å². The first-order valence-electron chi connectivity index (χ1n) is 5.48. The first-order valence-corrected chi connectivity index (χ1v) is 5.48. The van der Waals surface area contributed by atoms with Crippen LogP contribution in [0.4, 0.5) is 0 Å². The fourth-order valence-electron chi connectivity index (χ4n) is 1.38. The van der Waals surface area contributed by atoms with Gasteiger partial charge in [-0.1, -0.05) is 25.9 Å². The molecule has 1 heterocycles. The molecule has 0 radical (unpaired) electrons. The van der Waals surface area contributed by atoms with Gasteiger partial charge in [0.2, 0.25) is 5.89 Å². The molecule has 0 spiro atoms. The van der Waals surface area contributed by atoms with Crippen molar-refractivity contribution in [3.63, 3.8) is 0 Å². The topological polar surface area (TPSA) is 62.4 Å². The van der Waals surface area contributed by atoms with Crippen molar-refractivity contribution in [2.24, 2.45) is 0 Å². The number of hydrogen-bond donors (Lipinski definition) is 1. The maximum absolute atomic E-state index is 9.23. The number of aliphatic hydroxyl groups excluding tert-OH is 1. The molecule has 1 aromatic rings. The number of rotatable bonds is 4. The fraction of sp³-hybridized carbons (Fsp3) is 0.818. The maximum Gasteiger partial charge on any atom is 0.232 e. The Bertz CT molecular complexity index is 328. The lowest BCUT2D eigenvalue weighted by Gasteiger charge is -2.15. The molecule has 0 aliphatic heterocycles. The second-order valence-electron chi connectivity index (χ2n) is 5.31. The van der Waals surface area contributed by atoms with E-state index in [1.54, 1.807) is 6.92 Å². The van der Waals surface area contributed by atoms with Gasteiger partial charge in [0.25, 0.3) is 0 Å². The number of nitrogens with zero attached hydrogens (tertiary/aromatic N) is 3. The van der Waals surface area contributed by atoms with Crippen molar-refractivity contribution in [3.05, 3.63) is 11.7 Å². The number of aliphatic hydroxyl groups is 1. The highest BCUT2D eigenvalue weighted by Crippen LogP contribution is 2.19. The molecule has 1 aromatic heterocycles. The Labute approximate surface area is 96.5 Å². The van der Waals surface area contributed by atoms with E-state index in [2.05, 4.69) is 10.1 Å². The second kappa shape index (κ2) is 4.93. The summed E-state index contributed by atoms with van der Waals surface area (Å²) in [6.07, 6.45) is -0.348. The van der Waals surface area contributed by atoms with Crippen LogP contribution in [0.5, 0.6) is 0 Å². The van der Waals surface area contributed by atoms with Crippen LogP contribution in [0, 0.1) is 0 Å². The molecule has 0 aliphatic rings. The summed E-state index contributed by atoms with van der Waals surface area (Å²) in [5, 5.41) is 13.1. The van der Waals surface area contributed by atoms with Gasteiger partial charge in [-0.25, -0.2) is 0 Å². The molecule has 1 rings (SSSR count). The van der Waals surface area contributed by atoms with Crippen LogP contribution in [0.25, 0.3) is 0 Å². The van der Waals surface area contributed by atoms with Crippen molar-refractivity contribution >= 4 is 0 Å². The van der Waals surface area contributed by atoms with E-state index in [0.717, 1.165) is 0 Å². The smallest absolute Gasteiger partial charge is 0.232 e. The molecular formula is C11H21N3O2. The van der Waals surface area contributed by atoms with Gasteiger partial charge in [0.1, 0.15) is 0 Å². The molecule has 0 saturated heterocycles. The van der Waals surface area contributed by atoms with Crippen LogP contribution >= 0.6 is 0 Å². The summed E-state index contributed by atoms with van der Waals surface area (Å²) in [7, 11) is 1.92. The summed E-state index contributed by atoms with van der Waals surface area (Å²) in [5.41, 5.74) is -0.117. The Kier molecular flexibility index (Phi) is 4.04. The molecule has 5 heteroatoms. The predicted octanol–water partition coefficient (Wildman–Crippen LogP) is 1.18. The highest BCUT2D eigenvalue weighted by Gasteiger charge is 2.22. The zero-order chi connectivity index (χ0) is 12.3. The van der Waals surface area contributed by atoms with Crippen LogP contribution in [0.1, 0.15) is 39.4 Å². The first-order chi connectivity index (χ1) is 7.29. The SMILES string of the molecule is CC(O)CN(C)Cc1noc(C(C)(C)C)n1. The van der Waals surface area contributed by atoms with Crippen LogP contribution in [0.15, 0.2) is 4.52 Å². The zero-order valence-corrected chi connectivity index (χ0v) is 10.7. The van der Waals surface area contributed by atoms with E-state index in [0.29, 0.717) is 24.8 Å². The van der Waals surface area contributed by atoms with Crippen molar-refractivity contribution in [2.75, 3.05) is 13.6 Å². The minimum absolute atomic E-state index is 0.117. The largest absolute Gasteiger partial charge is 0.392 e. The van der Waals surface area contributed by atoms with E-state index in [1.165, 1.54) is 0 Å². The Morgan fingerprint density at radius 2 is 2.06 bits per heavy atom. The van der Waals surface area contributed by atoms with Crippen molar-refractivity contribution in [3.8, 4) is 0 Å². The summed E-state index contributed by atoms with van der Waals surface area (Å²) in [6.45, 7) is 9.04. The Balaban J connectivity index is 2.59. The van der Waals surface area contributed by atoms with Crippen molar-refractivity contribution in [2.45, 2.75) is 45.8 Å². The fourth-order valence-corrected chi connectivity index (χ4v) is 1.38. The molecule has 1 atom stereocenters. The Morgan fingerprint density at radius 3 is 2.50 bits per heavy atom. The minimum Gasteiger partial charge on any atom is -0.392 e. The van der Waals surface area contributed by atoms with Gasteiger partial charge in [0, 0.05) is 12.0 Å². The lowest BCUT2D eigenvalue weighted by Crippen LogP contribution is -2.27. The summed E-state index contributed by atoms with van der Waals surface area (Å²) in [6, 6.07) is 0. The quantitative estimate of drug-likeness (QED) is 0.837. The van der Waals surface area contributed by atoms with Gasteiger partial charge in [-0.2, -0.15) is 4.98 Å². The summed E-state index contributed by atoms with van der Waals surface area (Å²) >= 11 is 0. The molecular weight excluding hydrogens is 206 g/mol. The van der Waals surface area contributed by atoms with E-state index >= 15 is 0 Å². The third kappa shape index (κ3) is 3.90. The molecule has 92 valence electrons. The highest BCUT2D eigenvalue weighted by atomic mass is 16.5. The number of aromatic nitrogens is 2. The molecule has 0 amide bonds. The van der Waals surface area contributed by atoms with E-state index in [4.69, 9.17) is 4.52 Å². The van der Waals surface area contributed by atoms with Gasteiger partial charge in [-0.3, -0.25) is 4.90 Å². The molecule has 0 saturated carbocycles. The van der Waals surface area contributed by atoms with Gasteiger partial charge in [-0.15, -0.1) is 0 Å². The van der Waals surface area contributed by atoms with Gasteiger partial charge >= 0.3 is 0 Å². The van der Waals surface area contributed by atoms with Crippen LogP contribution in [-0.4, -0.2) is 39.8 Å². The monoisotopic (exact) mass is 227 g/mol. The first kappa shape index (κ1) is 13.1. The van der Waals surface area contributed by atoms with Crippen LogP contribution < -0.4 is 0 Å². The summed E-state index contributed by atoms with van der Waals surface area (Å²) < 4.78 is 5.18. The standard InChI is InChI=1S/C11H21N3O2/c1-8(15)6-14(5)7-9-12-10(16-13-9)11(2,3)4/h8,15H,6-7H2,1-5H3. The van der Waals surface area contributed by atoms with Gasteiger partial charge in [-0.05, 0) is 14.0 Å². The molecule has 1 unspecified atom stereocenters. The van der Waals surface area contributed by atoms with Crippen LogP contribution in [-0.2, 0) is 12.0 Å². The normalized spacial score (nSPS) is 14.4. The molecule has 0 aromatic carbocycles. The third-order valence-electron chi connectivity index (χ3n) is 2.10. The number of likely N-dealkylation sites (N-methyl/N-ethyl adjacent to an activating group) is 1. The van der Waals surface area contributed by atoms with E-state index in [1.807, 2.05) is 32.7 Å². The van der Waals surface area contributed by atoms with E-state index in [-0.39, 0.29) is 11.5 Å². The number of hydrogen-bond acceptors (Lipinski definition) is 5. The second-order valence-corrected chi connectivity index (χ2v) is 5.31. The van der Waals surface area contributed by atoms with E-state index < -0.39 is 0 Å². The Morgan fingerprint density at radius 1 is 1.44 bits per heavy atom. The van der Waals surface area contributed by atoms with Crippen LogP contribution in [0.3, 0.4) is 0 Å². The summed E-state index contributed by atoms with van der Waals surface area (Å²) in [4.78, 5) is 6.29. The van der Waals surface area contributed by atoms with Crippen molar-refractivity contribution in [1.29, 1.82) is 0 Å². The minimum atomic E-state index is -0.348. The van der Waals surface area contributed by atoms with Gasteiger partial charge in [0.05, 0.1) is 12.6 Å². The average molecular weight is 227 g/mol. The van der Waals surface area contributed by atoms with Crippen molar-refractivity contribution in [1.82, 2.24) is 15.0 Å². The average Bonchev–Trinajstić information content (AvgIpc) is 2.49. The molecule has 16 heavy (non-hydrogen) atoms. The molecule has 5 nitrogen and oxygen atoms in total. The lowest BCUT2D eigenvalue weighted by molar-refractivity contribution is 0.136. The highest BCUT2D eigenvalue weighted by molar-refractivity contribution is 4.98. The van der Waals surface area contributed by atoms with Gasteiger partial charge < -0.3 is 9.63 Å². The van der Waals surface area contributed by atoms with Gasteiger partial charge in [0.15, 0.2) is 5.82 Å². The third-order valence-corrected chi connectivity index (χ3v) is 2.10. The Hall–Kier alpha value is -0.940. The predicted molar refractivity (Wildman–Crippen MR) is 61.0 cm³/mol.